The summed E-state index contributed by atoms with van der Waals surface area (Å²) in [4.78, 5) is 36.0. The highest BCUT2D eigenvalue weighted by molar-refractivity contribution is 6.20. The van der Waals surface area contributed by atoms with Gasteiger partial charge in [0.2, 0.25) is 0 Å². The van der Waals surface area contributed by atoms with Crippen molar-refractivity contribution in [2.75, 3.05) is 0 Å². The van der Waals surface area contributed by atoms with Crippen LogP contribution in [0.1, 0.15) is 0 Å². The van der Waals surface area contributed by atoms with Crippen molar-refractivity contribution in [1.82, 2.24) is 29.9 Å². The number of hydrogen-bond donors (Lipinski definition) is 0. The molecule has 0 aliphatic carbocycles. The first-order valence-electron chi connectivity index (χ1n) is 43.7. The molecule has 0 aliphatic rings. The van der Waals surface area contributed by atoms with Gasteiger partial charge in [-0.15, -0.1) is 0 Å². The van der Waals surface area contributed by atoms with Crippen LogP contribution in [0.4, 0.5) is 0 Å². The molecule has 0 unspecified atom stereocenters. The lowest BCUT2D eigenvalue weighted by molar-refractivity contribution is 0.482. The maximum atomic E-state index is 6.26. The zero-order valence-electron chi connectivity index (χ0n) is 71.2. The standard InChI is InChI=1S/C120H78N6O6/c1-7-19-97(20-8-1)127-103-67-55-85(56-68-103)79-31-43-91(44-32-79)109-110(92-45-33-80(34-46-92)86-57-69-104(70-58-86)128-98-21-9-2-10-22-98)122-116-115(121-109)117-119(125-112(94-49-37-82(38-50-94)88-61-73-106(74-62-88)130-100-25-13-4-14-26-100)111(123-117)93-47-35-81(36-48-93)87-59-71-105(72-60-87)129-99-23-11-3-12-24-99)120-118(116)124-113(95-51-39-83(40-52-95)89-63-75-107(76-64-89)131-101-27-15-5-16-28-101)114(126-120)96-53-41-84(42-54-96)90-65-77-108(78-66-90)132-102-29-17-6-18-30-102/h1-78H. The Morgan fingerprint density at radius 1 is 0.0909 bits per heavy atom. The van der Waals surface area contributed by atoms with E-state index in [1.165, 1.54) is 0 Å². The summed E-state index contributed by atoms with van der Waals surface area (Å²) in [5.74, 6) is 8.97. The number of para-hydroxylation sites is 6. The fourth-order valence-electron chi connectivity index (χ4n) is 16.5. The van der Waals surface area contributed by atoms with Gasteiger partial charge in [0.05, 0.1) is 34.2 Å². The Kier molecular flexibility index (Phi) is 21.9. The lowest BCUT2D eigenvalue weighted by Gasteiger charge is -2.18. The van der Waals surface area contributed by atoms with E-state index >= 15 is 0 Å². The Morgan fingerprint density at radius 3 is 0.295 bits per heavy atom. The van der Waals surface area contributed by atoms with Crippen LogP contribution in [0.25, 0.3) is 167 Å². The fourth-order valence-corrected chi connectivity index (χ4v) is 16.5. The minimum Gasteiger partial charge on any atom is -0.457 e. The number of benzene rings is 19. The second kappa shape index (κ2) is 36.2. The first kappa shape index (κ1) is 79.9. The number of fused-ring (bicyclic) bond motifs is 6. The van der Waals surface area contributed by atoms with Crippen molar-refractivity contribution in [1.29, 1.82) is 0 Å². The molecule has 0 amide bonds. The first-order valence-corrected chi connectivity index (χ1v) is 43.7. The fraction of sp³-hybridized carbons (Fsp3) is 0. The molecule has 0 radical (unpaired) electrons. The van der Waals surface area contributed by atoms with Gasteiger partial charge in [-0.3, -0.25) is 0 Å². The molecule has 3 heterocycles. The molecular weight excluding hydrogens is 1620 g/mol. The molecule has 22 aromatic rings. The first-order chi connectivity index (χ1) is 65.3. The van der Waals surface area contributed by atoms with E-state index in [-0.39, 0.29) is 0 Å². The van der Waals surface area contributed by atoms with Crippen molar-refractivity contribution in [3.05, 3.63) is 473 Å². The molecule has 0 fully saturated rings. The minimum absolute atomic E-state index is 0.473. The number of hydrogen-bond acceptors (Lipinski definition) is 12. The number of ether oxygens (including phenoxy) is 6. The average Bonchev–Trinajstić information content (AvgIpc) is 0.710. The van der Waals surface area contributed by atoms with Gasteiger partial charge in [0, 0.05) is 33.4 Å². The van der Waals surface area contributed by atoms with E-state index < -0.39 is 0 Å². The molecule has 0 aliphatic heterocycles. The molecular formula is C120H78N6O6. The van der Waals surface area contributed by atoms with E-state index in [9.17, 15) is 0 Å². The molecule has 0 saturated heterocycles. The highest BCUT2D eigenvalue weighted by Crippen LogP contribution is 2.45. The van der Waals surface area contributed by atoms with E-state index in [0.29, 0.717) is 67.3 Å². The third-order valence-corrected chi connectivity index (χ3v) is 23.3. The second-order valence-electron chi connectivity index (χ2n) is 32.0. The molecule has 0 saturated carbocycles. The van der Waals surface area contributed by atoms with Gasteiger partial charge in [0.25, 0.3) is 0 Å². The molecule has 0 atom stereocenters. The van der Waals surface area contributed by atoms with Crippen LogP contribution in [-0.4, -0.2) is 29.9 Å². The summed E-state index contributed by atoms with van der Waals surface area (Å²) in [6, 6.07) is 159. The third kappa shape index (κ3) is 17.4. The van der Waals surface area contributed by atoms with Crippen LogP contribution in [0.2, 0.25) is 0 Å². The topological polar surface area (TPSA) is 133 Å². The highest BCUT2D eigenvalue weighted by Gasteiger charge is 2.28. The highest BCUT2D eigenvalue weighted by atomic mass is 16.5. The van der Waals surface area contributed by atoms with Crippen LogP contribution < -0.4 is 28.4 Å². The molecule has 12 heteroatoms. The van der Waals surface area contributed by atoms with Crippen LogP contribution in [-0.2, 0) is 0 Å². The van der Waals surface area contributed by atoms with Gasteiger partial charge in [-0.05, 0) is 212 Å². The van der Waals surface area contributed by atoms with Crippen molar-refractivity contribution in [3.63, 3.8) is 0 Å². The summed E-state index contributed by atoms with van der Waals surface area (Å²) < 4.78 is 37.6. The Hall–Kier alpha value is -18.0. The largest absolute Gasteiger partial charge is 0.457 e. The van der Waals surface area contributed by atoms with Gasteiger partial charge < -0.3 is 28.4 Å². The van der Waals surface area contributed by atoms with Crippen LogP contribution in [0.3, 0.4) is 0 Å². The van der Waals surface area contributed by atoms with Gasteiger partial charge in [-0.1, -0.05) is 328 Å². The summed E-state index contributed by atoms with van der Waals surface area (Å²) in [6.45, 7) is 0. The number of rotatable bonds is 24. The van der Waals surface area contributed by atoms with E-state index in [1.807, 2.05) is 255 Å². The van der Waals surface area contributed by atoms with Crippen molar-refractivity contribution < 1.29 is 28.4 Å². The minimum atomic E-state index is 0.473. The summed E-state index contributed by atoms with van der Waals surface area (Å²) in [5, 5.41) is 0. The Bertz CT molecular complexity index is 6570. The molecule has 624 valence electrons. The van der Waals surface area contributed by atoms with Gasteiger partial charge in [0.1, 0.15) is 102 Å². The van der Waals surface area contributed by atoms with Crippen LogP contribution in [0.15, 0.2) is 473 Å². The number of aromatic nitrogens is 6. The van der Waals surface area contributed by atoms with Crippen molar-refractivity contribution in [3.8, 4) is 203 Å². The summed E-state index contributed by atoms with van der Waals surface area (Å²) in [5.41, 5.74) is 23.5. The molecule has 0 spiro atoms. The van der Waals surface area contributed by atoms with Gasteiger partial charge in [-0.25, -0.2) is 29.9 Å². The van der Waals surface area contributed by atoms with Crippen LogP contribution in [0, 0.1) is 0 Å². The van der Waals surface area contributed by atoms with E-state index in [2.05, 4.69) is 218 Å². The molecule has 3 aromatic heterocycles. The van der Waals surface area contributed by atoms with Crippen LogP contribution >= 0.6 is 0 Å². The van der Waals surface area contributed by atoms with Crippen molar-refractivity contribution in [2.24, 2.45) is 0 Å². The predicted molar refractivity (Wildman–Crippen MR) is 530 cm³/mol. The molecule has 0 bridgehead atoms. The lowest BCUT2D eigenvalue weighted by atomic mass is 9.97. The van der Waals surface area contributed by atoms with Gasteiger partial charge >= 0.3 is 0 Å². The third-order valence-electron chi connectivity index (χ3n) is 23.3. The molecule has 132 heavy (non-hydrogen) atoms. The average molecular weight is 1700 g/mol. The Balaban J connectivity index is 0.751. The maximum absolute atomic E-state index is 6.26. The summed E-state index contributed by atoms with van der Waals surface area (Å²) in [7, 11) is 0. The summed E-state index contributed by atoms with van der Waals surface area (Å²) >= 11 is 0. The van der Waals surface area contributed by atoms with Crippen LogP contribution in [0.5, 0.6) is 69.0 Å². The zero-order chi connectivity index (χ0) is 87.9. The van der Waals surface area contributed by atoms with E-state index in [1.54, 1.807) is 0 Å². The van der Waals surface area contributed by atoms with Gasteiger partial charge in [-0.2, -0.15) is 0 Å². The Morgan fingerprint density at radius 2 is 0.182 bits per heavy atom. The monoisotopic (exact) mass is 1700 g/mol. The van der Waals surface area contributed by atoms with Gasteiger partial charge in [0.15, 0.2) is 0 Å². The molecule has 22 rings (SSSR count). The smallest absolute Gasteiger partial charge is 0.127 e. The quantitative estimate of drug-likeness (QED) is 0.0533. The zero-order valence-corrected chi connectivity index (χ0v) is 71.2. The van der Waals surface area contributed by atoms with Crippen molar-refractivity contribution in [2.45, 2.75) is 0 Å². The maximum Gasteiger partial charge on any atom is 0.127 e. The number of nitrogens with zero attached hydrogens (tertiary/aromatic N) is 6. The molecule has 19 aromatic carbocycles. The predicted octanol–water partition coefficient (Wildman–Crippen LogP) is 32.3. The van der Waals surface area contributed by atoms with E-state index in [4.69, 9.17) is 58.3 Å². The van der Waals surface area contributed by atoms with Crippen molar-refractivity contribution >= 4 is 33.1 Å². The van der Waals surface area contributed by atoms with E-state index in [0.717, 1.165) is 169 Å². The second-order valence-corrected chi connectivity index (χ2v) is 32.0. The molecule has 0 N–H and O–H groups in total. The summed E-state index contributed by atoms with van der Waals surface area (Å²) in [6.07, 6.45) is 0. The normalized spacial score (nSPS) is 11.2. The molecule has 12 nitrogen and oxygen atoms in total. The SMILES string of the molecule is c1ccc(Oc2ccc(-c3ccc(-c4nc5c6nc(-c7ccc(-c8ccc(Oc9ccccc9)cc8)cc7)c(-c7ccc(-c8ccc(Oc9ccccc9)cc8)cc7)nc6c6nc(-c7ccc(-c8ccc(Oc9ccccc9)cc8)cc7)c(-c7ccc(-c8ccc(Oc9ccccc9)cc8)cc7)nc6c5nc4-c4ccc(-c5ccc(Oc6ccccc6)cc5)cc4)cc3)cc2)cc1. The lowest BCUT2D eigenvalue weighted by Crippen LogP contribution is -2.04. The Labute approximate surface area is 763 Å².